The van der Waals surface area contributed by atoms with Crippen molar-refractivity contribution in [2.24, 2.45) is 0 Å². The third kappa shape index (κ3) is 10.7. The van der Waals surface area contributed by atoms with Crippen molar-refractivity contribution in [1.82, 2.24) is 6.15 Å². The predicted octanol–water partition coefficient (Wildman–Crippen LogP) is 1.16. The fraction of sp³-hybridized carbons (Fsp3) is 1.00. The second kappa shape index (κ2) is 6.21. The van der Waals surface area contributed by atoms with Gasteiger partial charge >= 0.3 is 0 Å². The molecule has 0 radical (unpaired) electrons. The lowest BCUT2D eigenvalue weighted by Gasteiger charge is -1.94. The standard InChI is InChI=1S/C4H9ClO.H3N/c1-4(6)2-3-5;/h4,6H,2-3H2,1H3;1H3. The number of aliphatic hydroxyl groups is 1. The van der Waals surface area contributed by atoms with Crippen LogP contribution in [0.5, 0.6) is 0 Å². The molecule has 1 unspecified atom stereocenters. The first-order valence-corrected chi connectivity index (χ1v) is 2.55. The lowest BCUT2D eigenvalue weighted by atomic mass is 10.3. The Morgan fingerprint density at radius 1 is 1.71 bits per heavy atom. The van der Waals surface area contributed by atoms with E-state index in [0.717, 1.165) is 0 Å². The number of halogens is 1. The minimum absolute atomic E-state index is 0. The summed E-state index contributed by atoms with van der Waals surface area (Å²) in [6.45, 7) is 1.72. The van der Waals surface area contributed by atoms with Crippen LogP contribution in [-0.2, 0) is 0 Å². The number of hydrogen-bond donors (Lipinski definition) is 2. The van der Waals surface area contributed by atoms with Gasteiger partial charge in [0, 0.05) is 5.88 Å². The number of aliphatic hydroxyl groups excluding tert-OH is 1. The van der Waals surface area contributed by atoms with Gasteiger partial charge in [-0.15, -0.1) is 11.6 Å². The minimum atomic E-state index is -0.234. The molecule has 2 nitrogen and oxygen atoms in total. The number of alkyl halides is 1. The van der Waals surface area contributed by atoms with Gasteiger partial charge in [-0.1, -0.05) is 0 Å². The van der Waals surface area contributed by atoms with Gasteiger partial charge in [-0.2, -0.15) is 0 Å². The molecule has 0 aliphatic rings. The normalized spacial score (nSPS) is 12.4. The lowest BCUT2D eigenvalue weighted by molar-refractivity contribution is 0.192. The molecule has 0 aliphatic heterocycles. The van der Waals surface area contributed by atoms with Gasteiger partial charge in [0.15, 0.2) is 0 Å². The quantitative estimate of drug-likeness (QED) is 0.544. The maximum absolute atomic E-state index is 8.47. The summed E-state index contributed by atoms with van der Waals surface area (Å²) in [5, 5.41) is 8.47. The monoisotopic (exact) mass is 125 g/mol. The van der Waals surface area contributed by atoms with E-state index < -0.39 is 0 Å². The number of rotatable bonds is 2. The molecule has 0 amide bonds. The molecular weight excluding hydrogens is 114 g/mol. The van der Waals surface area contributed by atoms with E-state index in [4.69, 9.17) is 16.7 Å². The van der Waals surface area contributed by atoms with Crippen LogP contribution in [0.1, 0.15) is 13.3 Å². The highest BCUT2D eigenvalue weighted by molar-refractivity contribution is 6.17. The summed E-state index contributed by atoms with van der Waals surface area (Å²) in [7, 11) is 0. The molecule has 7 heavy (non-hydrogen) atoms. The molecule has 0 aliphatic carbocycles. The molecule has 0 spiro atoms. The van der Waals surface area contributed by atoms with Gasteiger partial charge in [-0.3, -0.25) is 0 Å². The van der Waals surface area contributed by atoms with Crippen molar-refractivity contribution >= 4 is 11.6 Å². The second-order valence-corrected chi connectivity index (χ2v) is 1.70. The van der Waals surface area contributed by atoms with Crippen molar-refractivity contribution in [3.05, 3.63) is 0 Å². The summed E-state index contributed by atoms with van der Waals surface area (Å²) >= 11 is 5.24. The minimum Gasteiger partial charge on any atom is -0.393 e. The van der Waals surface area contributed by atoms with Crippen molar-refractivity contribution in [3.8, 4) is 0 Å². The molecule has 3 heteroatoms. The molecule has 0 aromatic heterocycles. The molecule has 46 valence electrons. The van der Waals surface area contributed by atoms with E-state index in [1.54, 1.807) is 6.92 Å². The maximum Gasteiger partial charge on any atom is 0.0523 e. The topological polar surface area (TPSA) is 55.2 Å². The van der Waals surface area contributed by atoms with Gasteiger partial charge in [-0.25, -0.2) is 0 Å². The van der Waals surface area contributed by atoms with Crippen LogP contribution in [0.2, 0.25) is 0 Å². The first kappa shape index (κ1) is 10.2. The van der Waals surface area contributed by atoms with Crippen LogP contribution >= 0.6 is 11.6 Å². The summed E-state index contributed by atoms with van der Waals surface area (Å²) < 4.78 is 0. The molecule has 0 fully saturated rings. The molecule has 4 N–H and O–H groups in total. The SMILES string of the molecule is CC(O)CCCl.N. The molecule has 1 atom stereocenters. The van der Waals surface area contributed by atoms with Gasteiger partial charge < -0.3 is 11.3 Å². The van der Waals surface area contributed by atoms with Crippen molar-refractivity contribution in [3.63, 3.8) is 0 Å². The third-order valence-corrected chi connectivity index (χ3v) is 0.745. The molecular formula is C4H12ClNO. The zero-order valence-electron chi connectivity index (χ0n) is 4.52. The lowest BCUT2D eigenvalue weighted by Crippen LogP contribution is -1.98. The van der Waals surface area contributed by atoms with Crippen LogP contribution in [0.15, 0.2) is 0 Å². The van der Waals surface area contributed by atoms with Crippen molar-refractivity contribution in [2.45, 2.75) is 19.4 Å². The van der Waals surface area contributed by atoms with E-state index in [1.165, 1.54) is 0 Å². The van der Waals surface area contributed by atoms with Gasteiger partial charge in [0.25, 0.3) is 0 Å². The van der Waals surface area contributed by atoms with Crippen molar-refractivity contribution in [2.75, 3.05) is 5.88 Å². The maximum atomic E-state index is 8.47. The largest absolute Gasteiger partial charge is 0.393 e. The summed E-state index contributed by atoms with van der Waals surface area (Å²) in [5.41, 5.74) is 0. The second-order valence-electron chi connectivity index (χ2n) is 1.33. The van der Waals surface area contributed by atoms with E-state index in [-0.39, 0.29) is 12.3 Å². The van der Waals surface area contributed by atoms with Crippen molar-refractivity contribution in [1.29, 1.82) is 0 Å². The van der Waals surface area contributed by atoms with Gasteiger partial charge in [0.2, 0.25) is 0 Å². The Kier molecular flexibility index (Phi) is 9.09. The fourth-order valence-electron chi connectivity index (χ4n) is 0.158. The van der Waals surface area contributed by atoms with Crippen LogP contribution in [-0.4, -0.2) is 17.1 Å². The average Bonchev–Trinajstić information content (AvgIpc) is 1.35. The van der Waals surface area contributed by atoms with Gasteiger partial charge in [0.05, 0.1) is 6.10 Å². The van der Waals surface area contributed by atoms with E-state index in [0.29, 0.717) is 12.3 Å². The van der Waals surface area contributed by atoms with E-state index in [1.807, 2.05) is 0 Å². The fourth-order valence-corrected chi connectivity index (χ4v) is 0.474. The van der Waals surface area contributed by atoms with E-state index in [9.17, 15) is 0 Å². The molecule has 0 rings (SSSR count). The third-order valence-electron chi connectivity index (χ3n) is 0.527. The molecule has 0 aromatic rings. The first-order chi connectivity index (χ1) is 2.77. The van der Waals surface area contributed by atoms with Crippen molar-refractivity contribution < 1.29 is 5.11 Å². The van der Waals surface area contributed by atoms with Gasteiger partial charge in [0.1, 0.15) is 0 Å². The zero-order valence-corrected chi connectivity index (χ0v) is 5.28. The average molecular weight is 126 g/mol. The van der Waals surface area contributed by atoms with Crippen LogP contribution < -0.4 is 6.15 Å². The Bertz CT molecular complexity index is 32.9. The summed E-state index contributed by atoms with van der Waals surface area (Å²) in [6, 6.07) is 0. The molecule has 0 aromatic carbocycles. The zero-order chi connectivity index (χ0) is 4.99. The molecule has 0 heterocycles. The Morgan fingerprint density at radius 2 is 2.14 bits per heavy atom. The van der Waals surface area contributed by atoms with Crippen LogP contribution in [0, 0.1) is 0 Å². The Hall–Kier alpha value is 0.210. The predicted molar refractivity (Wildman–Crippen MR) is 32.0 cm³/mol. The summed E-state index contributed by atoms with van der Waals surface area (Å²) in [6.07, 6.45) is 0.462. The number of hydrogen-bond acceptors (Lipinski definition) is 2. The first-order valence-electron chi connectivity index (χ1n) is 2.01. The van der Waals surface area contributed by atoms with Crippen LogP contribution in [0.3, 0.4) is 0 Å². The molecule has 0 bridgehead atoms. The smallest absolute Gasteiger partial charge is 0.0523 e. The van der Waals surface area contributed by atoms with E-state index >= 15 is 0 Å². The van der Waals surface area contributed by atoms with Gasteiger partial charge in [-0.05, 0) is 13.3 Å². The summed E-state index contributed by atoms with van der Waals surface area (Å²) in [5.74, 6) is 0.553. The van der Waals surface area contributed by atoms with Crippen LogP contribution in [0.25, 0.3) is 0 Å². The summed E-state index contributed by atoms with van der Waals surface area (Å²) in [4.78, 5) is 0. The highest BCUT2D eigenvalue weighted by atomic mass is 35.5. The highest BCUT2D eigenvalue weighted by Crippen LogP contribution is 1.89. The molecule has 0 saturated carbocycles. The Balaban J connectivity index is 0. The Labute approximate surface area is 49.1 Å². The molecule has 0 saturated heterocycles. The Morgan fingerprint density at radius 3 is 2.14 bits per heavy atom. The highest BCUT2D eigenvalue weighted by Gasteiger charge is 1.88. The van der Waals surface area contributed by atoms with E-state index in [2.05, 4.69) is 0 Å². The van der Waals surface area contributed by atoms with Crippen LogP contribution in [0.4, 0.5) is 0 Å².